The van der Waals surface area contributed by atoms with Crippen molar-refractivity contribution < 1.29 is 18.7 Å². The van der Waals surface area contributed by atoms with Crippen LogP contribution in [0.4, 0.5) is 4.39 Å². The van der Waals surface area contributed by atoms with Gasteiger partial charge in [-0.15, -0.1) is 24.0 Å². The molecule has 0 saturated heterocycles. The van der Waals surface area contributed by atoms with E-state index in [2.05, 4.69) is 15.6 Å². The predicted octanol–water partition coefficient (Wildman–Crippen LogP) is 2.83. The summed E-state index contributed by atoms with van der Waals surface area (Å²) in [5.74, 6) is 1.65. The van der Waals surface area contributed by atoms with E-state index in [-0.39, 0.29) is 42.1 Å². The van der Waals surface area contributed by atoms with Crippen LogP contribution in [0.15, 0.2) is 47.5 Å². The maximum absolute atomic E-state index is 13.2. The Morgan fingerprint density at radius 2 is 1.84 bits per heavy atom. The Morgan fingerprint density at radius 3 is 2.48 bits per heavy atom. The molecule has 0 bridgehead atoms. The summed E-state index contributed by atoms with van der Waals surface area (Å²) in [6.07, 6.45) is 0.143. The minimum atomic E-state index is -0.345. The average molecular weight is 544 g/mol. The zero-order valence-electron chi connectivity index (χ0n) is 18.3. The van der Waals surface area contributed by atoms with Gasteiger partial charge in [0.25, 0.3) is 0 Å². The van der Waals surface area contributed by atoms with Crippen molar-refractivity contribution in [2.45, 2.75) is 13.0 Å². The van der Waals surface area contributed by atoms with Gasteiger partial charge in [0.05, 0.1) is 20.6 Å². The lowest BCUT2D eigenvalue weighted by Gasteiger charge is -2.23. The first-order valence-electron chi connectivity index (χ1n) is 9.60. The summed E-state index contributed by atoms with van der Waals surface area (Å²) >= 11 is 0. The summed E-state index contributed by atoms with van der Waals surface area (Å²) < 4.78 is 23.9. The first kappa shape index (κ1) is 26.5. The van der Waals surface area contributed by atoms with E-state index < -0.39 is 0 Å². The second-order valence-corrected chi connectivity index (χ2v) is 6.66. The molecule has 0 aliphatic rings. The molecule has 31 heavy (non-hydrogen) atoms. The molecule has 170 valence electrons. The third-order valence-corrected chi connectivity index (χ3v) is 4.46. The number of ether oxygens (including phenoxy) is 2. The molecule has 2 rings (SSSR count). The predicted molar refractivity (Wildman–Crippen MR) is 131 cm³/mol. The van der Waals surface area contributed by atoms with Crippen LogP contribution in [0.2, 0.25) is 0 Å². The van der Waals surface area contributed by atoms with Gasteiger partial charge in [-0.2, -0.15) is 0 Å². The summed E-state index contributed by atoms with van der Waals surface area (Å²) in [5, 5.41) is 6.03. The van der Waals surface area contributed by atoms with Crippen molar-refractivity contribution in [2.75, 3.05) is 41.4 Å². The van der Waals surface area contributed by atoms with E-state index in [1.165, 1.54) is 12.1 Å². The third kappa shape index (κ3) is 8.60. The van der Waals surface area contributed by atoms with E-state index >= 15 is 0 Å². The van der Waals surface area contributed by atoms with Gasteiger partial charge in [0.15, 0.2) is 5.96 Å². The Bertz CT molecular complexity index is 880. The van der Waals surface area contributed by atoms with Crippen LogP contribution < -0.4 is 20.1 Å². The molecule has 0 fully saturated rings. The maximum atomic E-state index is 13.2. The Labute approximate surface area is 200 Å². The van der Waals surface area contributed by atoms with Crippen molar-refractivity contribution in [3.8, 4) is 11.5 Å². The van der Waals surface area contributed by atoms with E-state index in [0.717, 1.165) is 17.1 Å². The molecule has 0 aliphatic carbocycles. The molecule has 0 radical (unpaired) electrons. The van der Waals surface area contributed by atoms with Crippen LogP contribution in [0.25, 0.3) is 0 Å². The van der Waals surface area contributed by atoms with Crippen molar-refractivity contribution >= 4 is 35.8 Å². The third-order valence-electron chi connectivity index (χ3n) is 4.46. The molecule has 0 heterocycles. The number of amides is 1. The molecule has 0 saturated carbocycles. The number of benzene rings is 2. The molecule has 7 nitrogen and oxygen atoms in total. The van der Waals surface area contributed by atoms with Gasteiger partial charge in [-0.05, 0) is 29.8 Å². The fourth-order valence-electron chi connectivity index (χ4n) is 2.97. The zero-order chi connectivity index (χ0) is 21.9. The fraction of sp³-hybridized carbons (Fsp3) is 0.364. The summed E-state index contributed by atoms with van der Waals surface area (Å²) in [6.45, 7) is 1.51. The van der Waals surface area contributed by atoms with Crippen LogP contribution in [0.3, 0.4) is 0 Å². The first-order chi connectivity index (χ1) is 14.5. The minimum absolute atomic E-state index is 0. The minimum Gasteiger partial charge on any atom is -0.497 e. The second kappa shape index (κ2) is 13.7. The van der Waals surface area contributed by atoms with Gasteiger partial charge in [-0.25, -0.2) is 4.39 Å². The number of rotatable bonds is 9. The number of nitrogens with zero attached hydrogens (tertiary/aromatic N) is 2. The van der Waals surface area contributed by atoms with E-state index in [0.29, 0.717) is 31.2 Å². The number of carbonyl (C=O) groups is 1. The molecule has 0 spiro atoms. The van der Waals surface area contributed by atoms with E-state index in [1.54, 1.807) is 33.4 Å². The lowest BCUT2D eigenvalue weighted by Crippen LogP contribution is -2.42. The Kier molecular flexibility index (Phi) is 11.7. The summed E-state index contributed by atoms with van der Waals surface area (Å²) in [4.78, 5) is 18.2. The van der Waals surface area contributed by atoms with Gasteiger partial charge in [-0.1, -0.05) is 12.1 Å². The fourth-order valence-corrected chi connectivity index (χ4v) is 2.97. The van der Waals surface area contributed by atoms with Crippen LogP contribution in [0.1, 0.15) is 11.1 Å². The molecule has 0 unspecified atom stereocenters. The smallest absolute Gasteiger partial charge is 0.224 e. The highest BCUT2D eigenvalue weighted by molar-refractivity contribution is 14.0. The maximum Gasteiger partial charge on any atom is 0.224 e. The van der Waals surface area contributed by atoms with Crippen molar-refractivity contribution in [1.82, 2.24) is 15.5 Å². The van der Waals surface area contributed by atoms with Crippen molar-refractivity contribution in [1.29, 1.82) is 0 Å². The Hall–Kier alpha value is -2.56. The van der Waals surface area contributed by atoms with Gasteiger partial charge >= 0.3 is 0 Å². The van der Waals surface area contributed by atoms with Gasteiger partial charge < -0.3 is 25.0 Å². The highest BCUT2D eigenvalue weighted by atomic mass is 127. The number of guanidine groups is 1. The molecule has 1 amide bonds. The number of hydrogen-bond donors (Lipinski definition) is 2. The molecule has 2 aromatic carbocycles. The average Bonchev–Trinajstić information content (AvgIpc) is 2.74. The highest BCUT2D eigenvalue weighted by Crippen LogP contribution is 2.25. The molecule has 0 aliphatic heterocycles. The van der Waals surface area contributed by atoms with Crippen molar-refractivity contribution in [3.63, 3.8) is 0 Å². The van der Waals surface area contributed by atoms with Crippen LogP contribution in [0.5, 0.6) is 11.5 Å². The van der Waals surface area contributed by atoms with Crippen LogP contribution in [0, 0.1) is 5.82 Å². The summed E-state index contributed by atoms with van der Waals surface area (Å²) in [5.41, 5.74) is 1.64. The number of hydrogen-bond acceptors (Lipinski definition) is 4. The van der Waals surface area contributed by atoms with Crippen LogP contribution in [-0.4, -0.2) is 58.2 Å². The van der Waals surface area contributed by atoms with Crippen LogP contribution in [-0.2, 0) is 17.8 Å². The topological polar surface area (TPSA) is 75.2 Å². The highest BCUT2D eigenvalue weighted by Gasteiger charge is 2.11. The number of methoxy groups -OCH3 is 2. The zero-order valence-corrected chi connectivity index (χ0v) is 20.6. The van der Waals surface area contributed by atoms with E-state index in [4.69, 9.17) is 9.47 Å². The standard InChI is InChI=1S/C22H29FN4O3.HI/c1-24-22(27(2)15-17-8-9-19(29-3)14-20(17)30-4)26-11-10-25-21(28)13-16-6-5-7-18(23)12-16;/h5-9,12,14H,10-11,13,15H2,1-4H3,(H,24,26)(H,25,28);1H. The largest absolute Gasteiger partial charge is 0.497 e. The molecule has 2 N–H and O–H groups in total. The van der Waals surface area contributed by atoms with E-state index in [9.17, 15) is 9.18 Å². The lowest BCUT2D eigenvalue weighted by atomic mass is 10.1. The summed E-state index contributed by atoms with van der Waals surface area (Å²) in [7, 11) is 6.86. The number of carbonyl (C=O) groups excluding carboxylic acids is 1. The number of nitrogens with one attached hydrogen (secondary N) is 2. The number of aliphatic imine (C=N–C) groups is 1. The Morgan fingerprint density at radius 1 is 1.10 bits per heavy atom. The quantitative estimate of drug-likeness (QED) is 0.220. The molecule has 2 aromatic rings. The lowest BCUT2D eigenvalue weighted by molar-refractivity contribution is -0.120. The molecule has 9 heteroatoms. The summed E-state index contributed by atoms with van der Waals surface area (Å²) in [6, 6.07) is 11.7. The van der Waals surface area contributed by atoms with Crippen molar-refractivity contribution in [3.05, 3.63) is 59.4 Å². The molecular formula is C22H30FIN4O3. The SMILES string of the molecule is CN=C(NCCNC(=O)Cc1cccc(F)c1)N(C)Cc1ccc(OC)cc1OC.I. The van der Waals surface area contributed by atoms with Gasteiger partial charge in [-0.3, -0.25) is 9.79 Å². The van der Waals surface area contributed by atoms with Crippen LogP contribution >= 0.6 is 24.0 Å². The Balaban J connectivity index is 0.00000480. The number of halogens is 2. The monoisotopic (exact) mass is 544 g/mol. The molecule has 0 aromatic heterocycles. The van der Waals surface area contributed by atoms with E-state index in [1.807, 2.05) is 30.1 Å². The normalized spacial score (nSPS) is 10.7. The van der Waals surface area contributed by atoms with Gasteiger partial charge in [0, 0.05) is 45.4 Å². The van der Waals surface area contributed by atoms with Gasteiger partial charge in [0.1, 0.15) is 17.3 Å². The van der Waals surface area contributed by atoms with Crippen molar-refractivity contribution in [2.24, 2.45) is 4.99 Å². The molecular weight excluding hydrogens is 514 g/mol. The second-order valence-electron chi connectivity index (χ2n) is 6.66. The molecule has 0 atom stereocenters. The first-order valence-corrected chi connectivity index (χ1v) is 9.60. The van der Waals surface area contributed by atoms with Gasteiger partial charge in [0.2, 0.25) is 5.91 Å².